The summed E-state index contributed by atoms with van der Waals surface area (Å²) >= 11 is 0. The van der Waals surface area contributed by atoms with Gasteiger partial charge in [-0.3, -0.25) is 9.59 Å². The smallest absolute Gasteiger partial charge is 0.270 e. The minimum absolute atomic E-state index is 0.0607. The predicted octanol–water partition coefficient (Wildman–Crippen LogP) is 3.97. The van der Waals surface area contributed by atoms with Gasteiger partial charge in [0.25, 0.3) is 5.91 Å². The summed E-state index contributed by atoms with van der Waals surface area (Å²) in [6.07, 6.45) is 2.58. The summed E-state index contributed by atoms with van der Waals surface area (Å²) in [4.78, 5) is 39.2. The van der Waals surface area contributed by atoms with E-state index in [0.29, 0.717) is 60.8 Å². The third-order valence-electron chi connectivity index (χ3n) is 6.94. The molecule has 3 heterocycles. The molecule has 2 aromatic carbocycles. The fourth-order valence-corrected chi connectivity index (χ4v) is 4.90. The molecule has 5 rings (SSSR count). The molecular formula is C29H32N6O3. The molecule has 0 radical (unpaired) electrons. The largest absolute Gasteiger partial charge is 0.508 e. The number of carbonyl (C=O) groups is 2. The van der Waals surface area contributed by atoms with Gasteiger partial charge in [0, 0.05) is 38.7 Å². The van der Waals surface area contributed by atoms with Crippen molar-refractivity contribution in [2.24, 2.45) is 5.92 Å². The molecule has 9 nitrogen and oxygen atoms in total. The lowest BCUT2D eigenvalue weighted by Crippen LogP contribution is -2.39. The Morgan fingerprint density at radius 1 is 1.03 bits per heavy atom. The molecule has 1 saturated heterocycles. The summed E-state index contributed by atoms with van der Waals surface area (Å²) in [7, 11) is 0. The molecule has 196 valence electrons. The third-order valence-corrected chi connectivity index (χ3v) is 6.94. The number of hydrogen-bond acceptors (Lipinski definition) is 6. The lowest BCUT2D eigenvalue weighted by Gasteiger charge is -2.32. The molecule has 1 aliphatic heterocycles. The second-order valence-corrected chi connectivity index (χ2v) is 9.69. The second-order valence-electron chi connectivity index (χ2n) is 9.69. The number of piperidine rings is 1. The number of aromatic nitrogens is 3. The maximum absolute atomic E-state index is 13.4. The Morgan fingerprint density at radius 2 is 1.76 bits per heavy atom. The first kappa shape index (κ1) is 25.3. The Hall–Kier alpha value is -4.40. The van der Waals surface area contributed by atoms with Crippen molar-refractivity contribution in [3.05, 3.63) is 71.9 Å². The molecular weight excluding hydrogens is 480 g/mol. The van der Waals surface area contributed by atoms with Crippen LogP contribution in [0.15, 0.2) is 60.7 Å². The lowest BCUT2D eigenvalue weighted by atomic mass is 9.89. The van der Waals surface area contributed by atoms with Crippen molar-refractivity contribution in [3.63, 3.8) is 0 Å². The number of hydrogen-bond donors (Lipinski definition) is 4. The number of phenols is 1. The molecule has 4 aromatic rings. The van der Waals surface area contributed by atoms with Crippen molar-refractivity contribution in [2.45, 2.75) is 26.2 Å². The number of amides is 2. The molecule has 0 unspecified atom stereocenters. The van der Waals surface area contributed by atoms with Crippen LogP contribution in [0.1, 0.15) is 35.8 Å². The topological polar surface area (TPSA) is 123 Å². The summed E-state index contributed by atoms with van der Waals surface area (Å²) in [5.74, 6) is 1.76. The minimum Gasteiger partial charge on any atom is -0.508 e. The Labute approximate surface area is 221 Å². The quantitative estimate of drug-likeness (QED) is 0.265. The van der Waals surface area contributed by atoms with Crippen LogP contribution in [-0.2, 0) is 11.2 Å². The normalized spacial score (nSPS) is 14.0. The van der Waals surface area contributed by atoms with E-state index in [1.165, 1.54) is 6.92 Å². The number of anilines is 1. The van der Waals surface area contributed by atoms with Crippen LogP contribution >= 0.6 is 0 Å². The molecule has 0 aliphatic carbocycles. The summed E-state index contributed by atoms with van der Waals surface area (Å²) in [6.45, 7) is 3.74. The number of nitrogens with one attached hydrogen (secondary N) is 3. The van der Waals surface area contributed by atoms with E-state index in [2.05, 4.69) is 15.6 Å². The van der Waals surface area contributed by atoms with Gasteiger partial charge in [-0.2, -0.15) is 0 Å². The number of phenolic OH excluding ortho intramolecular Hbond substituents is 1. The van der Waals surface area contributed by atoms with Gasteiger partial charge in [0.1, 0.15) is 22.9 Å². The number of likely N-dealkylation sites (tertiary alicyclic amines) is 1. The van der Waals surface area contributed by atoms with Crippen molar-refractivity contribution in [2.75, 3.05) is 31.5 Å². The van der Waals surface area contributed by atoms with E-state index in [0.717, 1.165) is 35.8 Å². The van der Waals surface area contributed by atoms with Crippen molar-refractivity contribution < 1.29 is 14.7 Å². The van der Waals surface area contributed by atoms with Crippen LogP contribution in [0.2, 0.25) is 0 Å². The van der Waals surface area contributed by atoms with E-state index >= 15 is 0 Å². The van der Waals surface area contributed by atoms with E-state index in [4.69, 9.17) is 9.97 Å². The highest BCUT2D eigenvalue weighted by Gasteiger charge is 2.26. The van der Waals surface area contributed by atoms with Crippen LogP contribution in [0.4, 0.5) is 5.82 Å². The highest BCUT2D eigenvalue weighted by atomic mass is 16.3. The number of carbonyl (C=O) groups excluding carboxylic acids is 2. The fraction of sp³-hybridized carbons (Fsp3) is 0.310. The van der Waals surface area contributed by atoms with Gasteiger partial charge in [0.2, 0.25) is 5.91 Å². The van der Waals surface area contributed by atoms with E-state index in [9.17, 15) is 14.7 Å². The van der Waals surface area contributed by atoms with Crippen molar-refractivity contribution in [1.29, 1.82) is 0 Å². The fourth-order valence-electron chi connectivity index (χ4n) is 4.90. The summed E-state index contributed by atoms with van der Waals surface area (Å²) in [5, 5.41) is 16.9. The van der Waals surface area contributed by atoms with Gasteiger partial charge in [0.15, 0.2) is 5.82 Å². The zero-order valence-corrected chi connectivity index (χ0v) is 21.4. The van der Waals surface area contributed by atoms with Gasteiger partial charge in [-0.05, 0) is 42.9 Å². The highest BCUT2D eigenvalue weighted by molar-refractivity contribution is 6.00. The lowest BCUT2D eigenvalue weighted by molar-refractivity contribution is -0.118. The van der Waals surface area contributed by atoms with Crippen molar-refractivity contribution in [1.82, 2.24) is 25.2 Å². The van der Waals surface area contributed by atoms with E-state index < -0.39 is 0 Å². The maximum Gasteiger partial charge on any atom is 0.270 e. The van der Waals surface area contributed by atoms with Crippen LogP contribution < -0.4 is 10.6 Å². The molecule has 2 amide bonds. The summed E-state index contributed by atoms with van der Waals surface area (Å²) in [5.41, 5.74) is 2.88. The number of nitrogens with zero attached hydrogens (tertiary/aromatic N) is 3. The average Bonchev–Trinajstić information content (AvgIpc) is 3.37. The van der Waals surface area contributed by atoms with Gasteiger partial charge in [-0.1, -0.05) is 48.5 Å². The average molecular weight is 513 g/mol. The molecule has 1 fully saturated rings. The number of para-hydroxylation sites is 1. The maximum atomic E-state index is 13.4. The Bertz CT molecular complexity index is 1430. The molecule has 0 saturated carbocycles. The first-order valence-electron chi connectivity index (χ1n) is 13.0. The first-order chi connectivity index (χ1) is 18.5. The van der Waals surface area contributed by atoms with Crippen molar-refractivity contribution >= 4 is 28.7 Å². The summed E-state index contributed by atoms with van der Waals surface area (Å²) in [6, 6.07) is 18.9. The molecule has 0 atom stereocenters. The summed E-state index contributed by atoms with van der Waals surface area (Å²) < 4.78 is 0. The Morgan fingerprint density at radius 3 is 2.50 bits per heavy atom. The minimum atomic E-state index is -0.0940. The standard InChI is InChI=1S/C29H32N6O3/c1-19(36)30-13-14-31-27-23-18-24(32-28(23)34-26(33-27)21-7-3-2-4-8-21)29(38)35-15-11-20(12-16-35)17-22-9-5-6-10-25(22)37/h2-10,18,20,37H,11-17H2,1H3,(H,30,36)(H2,31,32,33,34). The first-order valence-corrected chi connectivity index (χ1v) is 13.0. The SMILES string of the molecule is CC(=O)NCCNc1nc(-c2ccccc2)nc2[nH]c(C(=O)N3CCC(Cc4ccccc4O)CC3)cc12. The number of fused-ring (bicyclic) bond motifs is 1. The number of aromatic amines is 1. The Kier molecular flexibility index (Phi) is 7.53. The Balaban J connectivity index is 1.33. The molecule has 2 aromatic heterocycles. The molecule has 38 heavy (non-hydrogen) atoms. The van der Waals surface area contributed by atoms with Crippen LogP contribution in [-0.4, -0.2) is 63.0 Å². The molecule has 9 heteroatoms. The molecule has 0 spiro atoms. The zero-order valence-electron chi connectivity index (χ0n) is 21.4. The number of H-pyrrole nitrogens is 1. The van der Waals surface area contributed by atoms with Crippen LogP contribution in [0.25, 0.3) is 22.4 Å². The van der Waals surface area contributed by atoms with E-state index in [-0.39, 0.29) is 11.8 Å². The zero-order chi connectivity index (χ0) is 26.5. The van der Waals surface area contributed by atoms with Crippen LogP contribution in [0.3, 0.4) is 0 Å². The van der Waals surface area contributed by atoms with E-state index in [1.54, 1.807) is 12.1 Å². The number of aromatic hydroxyl groups is 1. The van der Waals surface area contributed by atoms with Gasteiger partial charge >= 0.3 is 0 Å². The van der Waals surface area contributed by atoms with Gasteiger partial charge in [-0.25, -0.2) is 9.97 Å². The molecule has 0 bridgehead atoms. The van der Waals surface area contributed by atoms with Crippen LogP contribution in [0, 0.1) is 5.92 Å². The number of rotatable bonds is 8. The van der Waals surface area contributed by atoms with Gasteiger partial charge < -0.3 is 25.6 Å². The molecule has 4 N–H and O–H groups in total. The highest BCUT2D eigenvalue weighted by Crippen LogP contribution is 2.29. The molecule has 1 aliphatic rings. The van der Waals surface area contributed by atoms with Gasteiger partial charge in [-0.15, -0.1) is 0 Å². The second kappa shape index (κ2) is 11.3. The van der Waals surface area contributed by atoms with Crippen molar-refractivity contribution in [3.8, 4) is 17.1 Å². The third kappa shape index (κ3) is 5.77. The number of benzene rings is 2. The van der Waals surface area contributed by atoms with Crippen LogP contribution in [0.5, 0.6) is 5.75 Å². The van der Waals surface area contributed by atoms with Gasteiger partial charge in [0.05, 0.1) is 5.39 Å². The predicted molar refractivity (Wildman–Crippen MR) is 147 cm³/mol. The van der Waals surface area contributed by atoms with E-state index in [1.807, 2.05) is 53.4 Å². The monoisotopic (exact) mass is 512 g/mol.